The zero-order valence-corrected chi connectivity index (χ0v) is 16.1. The first-order valence-corrected chi connectivity index (χ1v) is 8.64. The molecule has 0 fully saturated rings. The molecule has 0 spiro atoms. The SMILES string of the molecule is C#C/C(F)=C(\C=C/CF)c1oc2cc(NS)c(Br)cc2c1C(=O)OCC. The summed E-state index contributed by atoms with van der Waals surface area (Å²) in [5.41, 5.74) is 0.621. The summed E-state index contributed by atoms with van der Waals surface area (Å²) >= 11 is 7.33. The maximum absolute atomic E-state index is 14.2. The van der Waals surface area contributed by atoms with E-state index < -0.39 is 18.5 Å². The number of nitrogens with one attached hydrogen (secondary N) is 1. The van der Waals surface area contributed by atoms with Gasteiger partial charge in [-0.25, -0.2) is 9.18 Å². The standard InChI is InChI=1S/C18H14BrF2NO3S/c1-3-13(21)10(6-5-7-20)17-16(18(23)24-4-2)11-8-12(19)14(22-26)9-15(11)25-17/h1,5-6,8-9,22,26H,4,7H2,2H3/b6-5-,13-10-. The number of fused-ring (bicyclic) bond motifs is 1. The molecule has 8 heteroatoms. The van der Waals surface area contributed by atoms with Crippen LogP contribution in [0.1, 0.15) is 23.0 Å². The Labute approximate surface area is 162 Å². The number of hydrogen-bond donors (Lipinski definition) is 2. The molecule has 0 amide bonds. The minimum Gasteiger partial charge on any atom is -0.462 e. The summed E-state index contributed by atoms with van der Waals surface area (Å²) in [7, 11) is 0. The van der Waals surface area contributed by atoms with Crippen LogP contribution >= 0.6 is 28.7 Å². The predicted molar refractivity (Wildman–Crippen MR) is 104 cm³/mol. The molecule has 2 rings (SSSR count). The quantitative estimate of drug-likeness (QED) is 0.270. The van der Waals surface area contributed by atoms with E-state index in [4.69, 9.17) is 15.6 Å². The Balaban J connectivity index is 2.86. The Morgan fingerprint density at radius 1 is 1.54 bits per heavy atom. The van der Waals surface area contributed by atoms with E-state index >= 15 is 0 Å². The molecular weight excluding hydrogens is 428 g/mol. The van der Waals surface area contributed by atoms with Crippen LogP contribution in [0.3, 0.4) is 0 Å². The first kappa shape index (κ1) is 20.1. The summed E-state index contributed by atoms with van der Waals surface area (Å²) in [6, 6.07) is 3.18. The molecule has 1 N–H and O–H groups in total. The van der Waals surface area contributed by atoms with E-state index in [0.29, 0.717) is 15.5 Å². The second kappa shape index (κ2) is 8.92. The van der Waals surface area contributed by atoms with E-state index in [1.54, 1.807) is 19.1 Å². The van der Waals surface area contributed by atoms with Gasteiger partial charge in [0.1, 0.15) is 17.8 Å². The number of ether oxygens (including phenoxy) is 1. The molecule has 1 heterocycles. The highest BCUT2D eigenvalue weighted by atomic mass is 79.9. The molecule has 4 nitrogen and oxygen atoms in total. The van der Waals surface area contributed by atoms with Crippen LogP contribution in [0.5, 0.6) is 0 Å². The predicted octanol–water partition coefficient (Wildman–Crippen LogP) is 5.47. The number of terminal acetylenes is 1. The number of hydrogen-bond acceptors (Lipinski definition) is 5. The number of halogens is 3. The molecule has 2 aromatic rings. The molecule has 26 heavy (non-hydrogen) atoms. The van der Waals surface area contributed by atoms with Gasteiger partial charge in [0.15, 0.2) is 11.6 Å². The van der Waals surface area contributed by atoms with Gasteiger partial charge in [0.05, 0.1) is 17.9 Å². The van der Waals surface area contributed by atoms with Crippen molar-refractivity contribution in [2.75, 3.05) is 18.0 Å². The highest BCUT2D eigenvalue weighted by Gasteiger charge is 2.26. The van der Waals surface area contributed by atoms with Crippen LogP contribution in [0.2, 0.25) is 0 Å². The van der Waals surface area contributed by atoms with Crippen LogP contribution in [0.4, 0.5) is 14.5 Å². The van der Waals surface area contributed by atoms with Crippen LogP contribution in [-0.4, -0.2) is 19.3 Å². The van der Waals surface area contributed by atoms with Crippen LogP contribution in [-0.2, 0) is 4.74 Å². The smallest absolute Gasteiger partial charge is 0.342 e. The van der Waals surface area contributed by atoms with Crippen molar-refractivity contribution in [2.24, 2.45) is 0 Å². The number of benzene rings is 1. The molecule has 0 saturated carbocycles. The van der Waals surface area contributed by atoms with E-state index in [-0.39, 0.29) is 29.1 Å². The fraction of sp³-hybridized carbons (Fsp3) is 0.167. The zero-order valence-electron chi connectivity index (χ0n) is 13.6. The monoisotopic (exact) mass is 441 g/mol. The Morgan fingerprint density at radius 2 is 2.27 bits per heavy atom. The lowest BCUT2D eigenvalue weighted by molar-refractivity contribution is 0.0527. The normalized spacial score (nSPS) is 12.2. The van der Waals surface area contributed by atoms with Crippen molar-refractivity contribution in [2.45, 2.75) is 6.92 Å². The third kappa shape index (κ3) is 3.94. The number of esters is 1. The van der Waals surface area contributed by atoms with E-state index in [2.05, 4.69) is 33.5 Å². The summed E-state index contributed by atoms with van der Waals surface area (Å²) in [5.74, 6) is -0.00189. The summed E-state index contributed by atoms with van der Waals surface area (Å²) < 4.78 is 40.8. The van der Waals surface area contributed by atoms with Crippen LogP contribution < -0.4 is 4.72 Å². The number of carbonyl (C=O) groups excluding carboxylic acids is 1. The second-order valence-corrected chi connectivity index (χ2v) is 5.97. The maximum atomic E-state index is 14.2. The second-order valence-electron chi connectivity index (χ2n) is 4.90. The molecule has 1 aromatic carbocycles. The van der Waals surface area contributed by atoms with E-state index in [0.717, 1.165) is 12.2 Å². The van der Waals surface area contributed by atoms with Gasteiger partial charge in [-0.05, 0) is 40.9 Å². The van der Waals surface area contributed by atoms with Crippen LogP contribution in [0.15, 0.2) is 39.0 Å². The van der Waals surface area contributed by atoms with Gasteiger partial charge in [-0.1, -0.05) is 18.9 Å². The molecule has 0 aliphatic heterocycles. The Hall–Kier alpha value is -2.24. The van der Waals surface area contributed by atoms with Crippen molar-refractivity contribution < 1.29 is 22.7 Å². The maximum Gasteiger partial charge on any atom is 0.342 e. The van der Waals surface area contributed by atoms with Gasteiger partial charge in [-0.3, -0.25) is 0 Å². The van der Waals surface area contributed by atoms with Crippen molar-refractivity contribution >= 4 is 56.9 Å². The molecule has 0 bridgehead atoms. The fourth-order valence-corrected chi connectivity index (χ4v) is 3.07. The molecule has 1 aromatic heterocycles. The summed E-state index contributed by atoms with van der Waals surface area (Å²) in [4.78, 5) is 12.5. The lowest BCUT2D eigenvalue weighted by Gasteiger charge is -2.05. The van der Waals surface area contributed by atoms with Gasteiger partial charge in [0, 0.05) is 15.9 Å². The minimum absolute atomic E-state index is 0.00262. The Kier molecular flexibility index (Phi) is 6.89. The third-order valence-electron chi connectivity index (χ3n) is 3.36. The number of rotatable bonds is 6. The lowest BCUT2D eigenvalue weighted by atomic mass is 10.0. The van der Waals surface area contributed by atoms with E-state index in [9.17, 15) is 13.6 Å². The zero-order chi connectivity index (χ0) is 19.3. The Bertz CT molecular complexity index is 944. The summed E-state index contributed by atoms with van der Waals surface area (Å²) in [6.07, 6.45) is 7.32. The minimum atomic E-state index is -0.995. The number of thiol groups is 1. The number of allylic oxidation sites excluding steroid dienone is 4. The van der Waals surface area contributed by atoms with E-state index in [1.165, 1.54) is 0 Å². The molecule has 0 unspecified atom stereocenters. The Morgan fingerprint density at radius 3 is 2.85 bits per heavy atom. The third-order valence-corrected chi connectivity index (χ3v) is 4.26. The molecule has 0 aliphatic rings. The van der Waals surface area contributed by atoms with Gasteiger partial charge in [0.2, 0.25) is 0 Å². The van der Waals surface area contributed by atoms with Gasteiger partial charge in [-0.2, -0.15) is 4.39 Å². The molecule has 136 valence electrons. The molecule has 0 aliphatic carbocycles. The number of furan rings is 1. The van der Waals surface area contributed by atoms with E-state index in [1.807, 2.05) is 5.92 Å². The largest absolute Gasteiger partial charge is 0.462 e. The summed E-state index contributed by atoms with van der Waals surface area (Å²) in [6.45, 7) is 0.912. The fourth-order valence-electron chi connectivity index (χ4n) is 2.29. The number of carbonyl (C=O) groups is 1. The first-order chi connectivity index (χ1) is 12.5. The van der Waals surface area contributed by atoms with Crippen molar-refractivity contribution in [3.8, 4) is 12.3 Å². The van der Waals surface area contributed by atoms with Crippen LogP contribution in [0.25, 0.3) is 16.5 Å². The van der Waals surface area contributed by atoms with Crippen molar-refractivity contribution in [3.05, 3.63) is 45.9 Å². The molecular formula is C18H14BrF2NO3S. The van der Waals surface area contributed by atoms with Gasteiger partial charge in [0.25, 0.3) is 0 Å². The van der Waals surface area contributed by atoms with Crippen molar-refractivity contribution in [3.63, 3.8) is 0 Å². The molecule has 0 saturated heterocycles. The first-order valence-electron chi connectivity index (χ1n) is 7.40. The average Bonchev–Trinajstić information content (AvgIpc) is 2.99. The summed E-state index contributed by atoms with van der Waals surface area (Å²) in [5, 5.41) is 0.383. The number of alkyl halides is 1. The van der Waals surface area contributed by atoms with Crippen LogP contribution in [0, 0.1) is 12.3 Å². The lowest BCUT2D eigenvalue weighted by Crippen LogP contribution is -2.06. The van der Waals surface area contributed by atoms with Gasteiger partial charge in [-0.15, -0.1) is 6.42 Å². The molecule has 0 radical (unpaired) electrons. The average molecular weight is 442 g/mol. The van der Waals surface area contributed by atoms with Gasteiger partial charge >= 0.3 is 5.97 Å². The van der Waals surface area contributed by atoms with Crippen molar-refractivity contribution in [1.82, 2.24) is 0 Å². The highest BCUT2D eigenvalue weighted by molar-refractivity contribution is 9.10. The van der Waals surface area contributed by atoms with Crippen molar-refractivity contribution in [1.29, 1.82) is 0 Å². The van der Waals surface area contributed by atoms with Gasteiger partial charge < -0.3 is 13.9 Å². The highest BCUT2D eigenvalue weighted by Crippen LogP contribution is 2.38. The molecule has 0 atom stereocenters. The number of anilines is 1. The topological polar surface area (TPSA) is 51.5 Å².